The van der Waals surface area contributed by atoms with Gasteiger partial charge in [-0.2, -0.15) is 5.10 Å². The molecular weight excluding hydrogens is 310 g/mol. The second kappa shape index (κ2) is 7.38. The second-order valence-corrected chi connectivity index (χ2v) is 6.78. The summed E-state index contributed by atoms with van der Waals surface area (Å²) in [6.07, 6.45) is 3.85. The molecule has 2 aliphatic heterocycles. The Morgan fingerprint density at radius 1 is 1.29 bits per heavy atom. The van der Waals surface area contributed by atoms with Crippen LogP contribution in [0, 0.1) is 0 Å². The predicted octanol–water partition coefficient (Wildman–Crippen LogP) is 0.590. The number of amides is 2. The van der Waals surface area contributed by atoms with E-state index < -0.39 is 0 Å². The van der Waals surface area contributed by atoms with Crippen LogP contribution in [0.2, 0.25) is 0 Å². The van der Waals surface area contributed by atoms with Crippen molar-refractivity contribution in [3.8, 4) is 0 Å². The SMILES string of the molecule is CC1CN(C(=O)NCCCn2nc3n(c2=O)CCCC3)CC(C)O1. The fraction of sp³-hybridized carbons (Fsp3) is 0.812. The zero-order valence-corrected chi connectivity index (χ0v) is 14.5. The van der Waals surface area contributed by atoms with Gasteiger partial charge < -0.3 is 15.0 Å². The molecule has 3 rings (SSSR count). The van der Waals surface area contributed by atoms with Gasteiger partial charge in [0.05, 0.1) is 12.2 Å². The number of aromatic nitrogens is 3. The van der Waals surface area contributed by atoms with Crippen molar-refractivity contribution in [1.29, 1.82) is 0 Å². The number of carbonyl (C=O) groups excluding carboxylic acids is 1. The summed E-state index contributed by atoms with van der Waals surface area (Å²) in [5.41, 5.74) is -0.0214. The summed E-state index contributed by atoms with van der Waals surface area (Å²) in [4.78, 5) is 26.2. The van der Waals surface area contributed by atoms with Crippen molar-refractivity contribution in [2.24, 2.45) is 0 Å². The van der Waals surface area contributed by atoms with Crippen LogP contribution < -0.4 is 11.0 Å². The molecule has 0 aromatic carbocycles. The van der Waals surface area contributed by atoms with E-state index in [1.54, 1.807) is 9.47 Å². The molecule has 1 aromatic heterocycles. The minimum atomic E-state index is -0.0616. The van der Waals surface area contributed by atoms with Crippen LogP contribution in [0.15, 0.2) is 4.79 Å². The predicted molar refractivity (Wildman–Crippen MR) is 89.0 cm³/mol. The fourth-order valence-corrected chi connectivity index (χ4v) is 3.47. The summed E-state index contributed by atoms with van der Waals surface area (Å²) in [5.74, 6) is 0.895. The number of morpholine rings is 1. The second-order valence-electron chi connectivity index (χ2n) is 6.78. The van der Waals surface area contributed by atoms with Crippen LogP contribution in [0.4, 0.5) is 4.79 Å². The molecule has 2 unspecified atom stereocenters. The number of ether oxygens (including phenoxy) is 1. The largest absolute Gasteiger partial charge is 0.372 e. The summed E-state index contributed by atoms with van der Waals surface area (Å²) >= 11 is 0. The van der Waals surface area contributed by atoms with Crippen molar-refractivity contribution in [3.63, 3.8) is 0 Å². The zero-order valence-electron chi connectivity index (χ0n) is 14.5. The molecule has 1 fully saturated rings. The highest BCUT2D eigenvalue weighted by molar-refractivity contribution is 5.74. The quantitative estimate of drug-likeness (QED) is 0.816. The van der Waals surface area contributed by atoms with Gasteiger partial charge in [0.1, 0.15) is 5.82 Å². The van der Waals surface area contributed by atoms with E-state index in [0.29, 0.717) is 32.6 Å². The van der Waals surface area contributed by atoms with E-state index >= 15 is 0 Å². The van der Waals surface area contributed by atoms with Crippen LogP contribution in [-0.2, 0) is 24.2 Å². The van der Waals surface area contributed by atoms with Crippen molar-refractivity contribution in [1.82, 2.24) is 24.6 Å². The molecular formula is C16H27N5O3. The Labute approximate surface area is 141 Å². The van der Waals surface area contributed by atoms with E-state index in [9.17, 15) is 9.59 Å². The minimum Gasteiger partial charge on any atom is -0.372 e. The third-order valence-electron chi connectivity index (χ3n) is 4.56. The number of aryl methyl sites for hydroxylation is 2. The molecule has 0 radical (unpaired) electrons. The first-order valence-corrected chi connectivity index (χ1v) is 8.89. The lowest BCUT2D eigenvalue weighted by Gasteiger charge is -2.35. The number of fused-ring (bicyclic) bond motifs is 1. The maximum absolute atomic E-state index is 12.2. The standard InChI is InChI=1S/C16H27N5O3/c1-12-10-19(11-13(2)24-12)15(22)17-7-5-9-21-16(23)20-8-4-3-6-14(20)18-21/h12-13H,3-11H2,1-2H3,(H,17,22). The summed E-state index contributed by atoms with van der Waals surface area (Å²) in [6, 6.07) is -0.0616. The third-order valence-corrected chi connectivity index (χ3v) is 4.56. The Morgan fingerprint density at radius 3 is 2.75 bits per heavy atom. The number of urea groups is 1. The van der Waals surface area contributed by atoms with Gasteiger partial charge in [-0.1, -0.05) is 0 Å². The van der Waals surface area contributed by atoms with Gasteiger partial charge >= 0.3 is 11.7 Å². The molecule has 1 saturated heterocycles. The van der Waals surface area contributed by atoms with Gasteiger partial charge in [-0.05, 0) is 33.1 Å². The van der Waals surface area contributed by atoms with Gasteiger partial charge in [-0.25, -0.2) is 14.3 Å². The molecule has 1 N–H and O–H groups in total. The smallest absolute Gasteiger partial charge is 0.345 e. The molecule has 2 aliphatic rings. The molecule has 3 heterocycles. The molecule has 134 valence electrons. The van der Waals surface area contributed by atoms with Crippen LogP contribution in [0.25, 0.3) is 0 Å². The van der Waals surface area contributed by atoms with Crippen molar-refractivity contribution in [3.05, 3.63) is 16.3 Å². The van der Waals surface area contributed by atoms with E-state index in [4.69, 9.17) is 4.74 Å². The molecule has 0 bridgehead atoms. The highest BCUT2D eigenvalue weighted by Crippen LogP contribution is 2.11. The molecule has 24 heavy (non-hydrogen) atoms. The molecule has 8 nitrogen and oxygen atoms in total. The molecule has 0 spiro atoms. The van der Waals surface area contributed by atoms with Gasteiger partial charge in [0.25, 0.3) is 0 Å². The maximum Gasteiger partial charge on any atom is 0.345 e. The summed E-state index contributed by atoms with van der Waals surface area (Å²) in [7, 11) is 0. The van der Waals surface area contributed by atoms with Gasteiger partial charge in [0.15, 0.2) is 0 Å². The monoisotopic (exact) mass is 337 g/mol. The van der Waals surface area contributed by atoms with Crippen molar-refractivity contribution in [2.75, 3.05) is 19.6 Å². The minimum absolute atomic E-state index is 0.0214. The normalized spacial score (nSPS) is 23.8. The van der Waals surface area contributed by atoms with Crippen LogP contribution >= 0.6 is 0 Å². The number of nitrogens with zero attached hydrogens (tertiary/aromatic N) is 4. The Kier molecular flexibility index (Phi) is 5.23. The van der Waals surface area contributed by atoms with Gasteiger partial charge in [0.2, 0.25) is 0 Å². The molecule has 8 heteroatoms. The van der Waals surface area contributed by atoms with E-state index in [1.165, 1.54) is 4.68 Å². The number of hydrogen-bond acceptors (Lipinski definition) is 4. The molecule has 2 atom stereocenters. The van der Waals surface area contributed by atoms with Crippen LogP contribution in [-0.4, -0.2) is 57.1 Å². The third kappa shape index (κ3) is 3.80. The van der Waals surface area contributed by atoms with Gasteiger partial charge in [-0.15, -0.1) is 0 Å². The summed E-state index contributed by atoms with van der Waals surface area (Å²) in [6.45, 7) is 7.03. The average Bonchev–Trinajstić information content (AvgIpc) is 2.87. The molecule has 2 amide bonds. The zero-order chi connectivity index (χ0) is 17.1. The van der Waals surface area contributed by atoms with Crippen LogP contribution in [0.1, 0.15) is 38.9 Å². The Morgan fingerprint density at radius 2 is 2.04 bits per heavy atom. The number of carbonyl (C=O) groups is 1. The summed E-state index contributed by atoms with van der Waals surface area (Å²) < 4.78 is 8.94. The molecule has 0 saturated carbocycles. The lowest BCUT2D eigenvalue weighted by molar-refractivity contribution is -0.0545. The number of rotatable bonds is 4. The van der Waals surface area contributed by atoms with Gasteiger partial charge in [0, 0.05) is 39.1 Å². The van der Waals surface area contributed by atoms with Crippen LogP contribution in [0.3, 0.4) is 0 Å². The highest BCUT2D eigenvalue weighted by atomic mass is 16.5. The van der Waals surface area contributed by atoms with Crippen molar-refractivity contribution in [2.45, 2.75) is 64.8 Å². The highest BCUT2D eigenvalue weighted by Gasteiger charge is 2.25. The number of nitrogens with one attached hydrogen (secondary N) is 1. The van der Waals surface area contributed by atoms with Gasteiger partial charge in [-0.3, -0.25) is 4.57 Å². The Balaban J connectivity index is 1.45. The Hall–Kier alpha value is -1.83. The van der Waals surface area contributed by atoms with Crippen LogP contribution in [0.5, 0.6) is 0 Å². The first-order chi connectivity index (χ1) is 11.5. The van der Waals surface area contributed by atoms with Crippen molar-refractivity contribution < 1.29 is 9.53 Å². The topological polar surface area (TPSA) is 81.4 Å². The van der Waals surface area contributed by atoms with Crippen molar-refractivity contribution >= 4 is 6.03 Å². The first-order valence-electron chi connectivity index (χ1n) is 8.89. The average molecular weight is 337 g/mol. The van der Waals surface area contributed by atoms with E-state index in [2.05, 4.69) is 10.4 Å². The fourth-order valence-electron chi connectivity index (χ4n) is 3.47. The summed E-state index contributed by atoms with van der Waals surface area (Å²) in [5, 5.41) is 7.33. The van der Waals surface area contributed by atoms with E-state index in [-0.39, 0.29) is 23.9 Å². The first kappa shape index (κ1) is 17.0. The molecule has 0 aliphatic carbocycles. The molecule has 1 aromatic rings. The lowest BCUT2D eigenvalue weighted by Crippen LogP contribution is -2.51. The lowest BCUT2D eigenvalue weighted by atomic mass is 10.2. The maximum atomic E-state index is 12.2. The Bertz CT molecular complexity index is 628. The van der Waals surface area contributed by atoms with E-state index in [1.807, 2.05) is 13.8 Å². The van der Waals surface area contributed by atoms with E-state index in [0.717, 1.165) is 31.6 Å². The number of hydrogen-bond donors (Lipinski definition) is 1.